The molecule has 11 heteroatoms. The lowest BCUT2D eigenvalue weighted by Crippen LogP contribution is -2.60. The van der Waals surface area contributed by atoms with Gasteiger partial charge in [-0.1, -0.05) is 0 Å². The average molecular weight is 359 g/mol. The molecule has 2 unspecified atom stereocenters. The molecule has 0 aliphatic carbocycles. The fraction of sp³-hybridized carbons (Fsp3) is 0.400. The lowest BCUT2D eigenvalue weighted by atomic mass is 10.3. The Kier molecular flexibility index (Phi) is 5.61. The molecule has 0 aliphatic rings. The van der Waals surface area contributed by atoms with Crippen LogP contribution >= 0.6 is 11.1 Å². The Morgan fingerprint density at radius 2 is 1.29 bits per heavy atom. The van der Waals surface area contributed by atoms with Gasteiger partial charge in [0, 0.05) is 6.61 Å². The Bertz CT molecular complexity index is 513. The van der Waals surface area contributed by atoms with Crippen molar-refractivity contribution in [1.29, 1.82) is 0 Å². The van der Waals surface area contributed by atoms with Crippen molar-refractivity contribution in [2.45, 2.75) is 19.1 Å². The lowest BCUT2D eigenvalue weighted by Gasteiger charge is -2.28. The first-order valence-electron chi connectivity index (χ1n) is 5.36. The van der Waals surface area contributed by atoms with Gasteiger partial charge in [-0.3, -0.25) is 0 Å². The zero-order valence-corrected chi connectivity index (χ0v) is 11.9. The molecule has 1 aromatic rings. The molecule has 0 spiro atoms. The Balaban J connectivity index is 3.68. The summed E-state index contributed by atoms with van der Waals surface area (Å²) in [6, 6.07) is 0. The van der Waals surface area contributed by atoms with Gasteiger partial charge in [0.2, 0.25) is 5.82 Å². The normalized spacial score (nSPS) is 16.1. The highest BCUT2D eigenvalue weighted by atomic mass is 35.6. The maximum atomic E-state index is 13.6. The summed E-state index contributed by atoms with van der Waals surface area (Å²) in [5.74, 6) is -15.7. The van der Waals surface area contributed by atoms with E-state index in [0.717, 1.165) is 6.92 Å². The zero-order chi connectivity index (χ0) is 16.5. The van der Waals surface area contributed by atoms with E-state index < -0.39 is 60.7 Å². The van der Waals surface area contributed by atoms with Crippen molar-refractivity contribution in [1.82, 2.24) is 0 Å². The highest BCUT2D eigenvalue weighted by Crippen LogP contribution is 2.28. The van der Waals surface area contributed by atoms with Crippen LogP contribution in [0.25, 0.3) is 0 Å². The summed E-state index contributed by atoms with van der Waals surface area (Å²) in [5, 5.41) is -1.87. The van der Waals surface area contributed by atoms with Crippen LogP contribution in [-0.2, 0) is 4.43 Å². The molecule has 0 aromatic heterocycles. The summed E-state index contributed by atoms with van der Waals surface area (Å²) in [6.45, 7) is 0.566. The van der Waals surface area contributed by atoms with E-state index in [-0.39, 0.29) is 0 Å². The minimum atomic E-state index is -5.31. The Hall–Kier alpha value is -0.873. The third-order valence-corrected chi connectivity index (χ3v) is 6.79. The van der Waals surface area contributed by atoms with Crippen LogP contribution in [-0.4, -0.2) is 26.5 Å². The number of hydrogen-bond donors (Lipinski definition) is 0. The average Bonchev–Trinajstić information content (AvgIpc) is 2.42. The quantitative estimate of drug-likeness (QED) is 0.257. The molecule has 0 saturated carbocycles. The minimum Gasteiger partial charge on any atom is -0.398 e. The molecule has 0 aliphatic heterocycles. The zero-order valence-electron chi connectivity index (χ0n) is 10.2. The molecular weight excluding hydrogens is 352 g/mol. The van der Waals surface area contributed by atoms with E-state index in [4.69, 9.17) is 11.1 Å². The number of alkyl halides is 3. The van der Waals surface area contributed by atoms with Crippen LogP contribution in [0.1, 0.15) is 6.92 Å². The van der Waals surface area contributed by atoms with Gasteiger partial charge in [-0.05, 0) is 6.92 Å². The summed E-state index contributed by atoms with van der Waals surface area (Å²) in [7, 11) is -5.31. The van der Waals surface area contributed by atoms with E-state index >= 15 is 0 Å². The molecule has 0 amide bonds. The fourth-order valence-electron chi connectivity index (χ4n) is 1.57. The van der Waals surface area contributed by atoms with Gasteiger partial charge in [0.05, 0.1) is 5.19 Å². The monoisotopic (exact) mass is 358 g/mol. The van der Waals surface area contributed by atoms with E-state index in [9.17, 15) is 35.1 Å². The summed E-state index contributed by atoms with van der Waals surface area (Å²) in [6.07, 6.45) is -3.82. The molecule has 0 N–H and O–H groups in total. The molecule has 0 saturated heterocycles. The first-order valence-corrected chi connectivity index (χ1v) is 8.36. The molecule has 1 rings (SSSR count). The maximum absolute atomic E-state index is 13.6. The lowest BCUT2D eigenvalue weighted by molar-refractivity contribution is 0.0770. The number of rotatable bonds is 5. The molecule has 0 fully saturated rings. The van der Waals surface area contributed by atoms with E-state index in [1.807, 2.05) is 0 Å². The number of hydrogen-bond acceptors (Lipinski definition) is 1. The van der Waals surface area contributed by atoms with Gasteiger partial charge < -0.3 is 4.43 Å². The number of halogens is 9. The van der Waals surface area contributed by atoms with Crippen molar-refractivity contribution >= 4 is 23.9 Å². The van der Waals surface area contributed by atoms with Crippen LogP contribution in [0.2, 0.25) is 0 Å². The third-order valence-electron chi connectivity index (χ3n) is 2.48. The second-order valence-corrected chi connectivity index (χ2v) is 8.07. The van der Waals surface area contributed by atoms with Crippen LogP contribution in [0.5, 0.6) is 0 Å². The summed E-state index contributed by atoms with van der Waals surface area (Å²) < 4.78 is 109. The van der Waals surface area contributed by atoms with Crippen LogP contribution in [0.15, 0.2) is 0 Å². The maximum Gasteiger partial charge on any atom is 0.368 e. The van der Waals surface area contributed by atoms with Crippen molar-refractivity contribution in [2.24, 2.45) is 0 Å². The van der Waals surface area contributed by atoms with Gasteiger partial charge in [0.15, 0.2) is 29.1 Å². The van der Waals surface area contributed by atoms with Gasteiger partial charge in [-0.2, -0.15) is 0 Å². The molecule has 1 aromatic carbocycles. The summed E-state index contributed by atoms with van der Waals surface area (Å²) >= 11 is 5.44. The van der Waals surface area contributed by atoms with Crippen LogP contribution in [0, 0.1) is 29.1 Å². The summed E-state index contributed by atoms with van der Waals surface area (Å²) in [4.78, 5) is 0. The van der Waals surface area contributed by atoms with Crippen molar-refractivity contribution in [3.63, 3.8) is 0 Å². The topological polar surface area (TPSA) is 9.23 Å². The fourth-order valence-corrected chi connectivity index (χ4v) is 4.82. The molecule has 120 valence electrons. The van der Waals surface area contributed by atoms with Crippen LogP contribution in [0.4, 0.5) is 35.1 Å². The SMILES string of the molecule is CCO[Si](Cl)(c1c(F)c(F)c(F)c(F)c1F)C(F)C(F)F. The molecule has 21 heavy (non-hydrogen) atoms. The highest BCUT2D eigenvalue weighted by Gasteiger charge is 2.55. The van der Waals surface area contributed by atoms with Gasteiger partial charge in [-0.25, -0.2) is 35.1 Å². The molecule has 0 heterocycles. The number of benzene rings is 1. The van der Waals surface area contributed by atoms with Gasteiger partial charge in [0.25, 0.3) is 6.43 Å². The predicted octanol–water partition coefficient (Wildman–Crippen LogP) is 3.45. The standard InChI is InChI=1S/C10H7ClF8OSi/c1-2-20-21(11,10(19)9(17)18)8-6(15)4(13)3(12)5(14)7(8)16/h9-10H,2H2,1H3. The van der Waals surface area contributed by atoms with Gasteiger partial charge in [-0.15, -0.1) is 11.1 Å². The van der Waals surface area contributed by atoms with Crippen LogP contribution in [0.3, 0.4) is 0 Å². The summed E-state index contributed by atoms with van der Waals surface area (Å²) in [5.41, 5.74) is 0. The predicted molar refractivity (Wildman–Crippen MR) is 60.0 cm³/mol. The molecule has 0 radical (unpaired) electrons. The van der Waals surface area contributed by atoms with E-state index in [1.165, 1.54) is 0 Å². The smallest absolute Gasteiger partial charge is 0.368 e. The van der Waals surface area contributed by atoms with E-state index in [0.29, 0.717) is 0 Å². The van der Waals surface area contributed by atoms with E-state index in [1.54, 1.807) is 0 Å². The minimum absolute atomic E-state index is 0.567. The second-order valence-electron chi connectivity index (χ2n) is 3.76. The highest BCUT2D eigenvalue weighted by molar-refractivity contribution is 7.24. The molecule has 0 bridgehead atoms. The van der Waals surface area contributed by atoms with Crippen molar-refractivity contribution in [2.75, 3.05) is 6.61 Å². The van der Waals surface area contributed by atoms with E-state index in [2.05, 4.69) is 4.43 Å². The Morgan fingerprint density at radius 3 is 1.62 bits per heavy atom. The van der Waals surface area contributed by atoms with Crippen molar-refractivity contribution in [3.8, 4) is 0 Å². The van der Waals surface area contributed by atoms with Gasteiger partial charge >= 0.3 is 7.63 Å². The van der Waals surface area contributed by atoms with Crippen LogP contribution < -0.4 is 5.19 Å². The first kappa shape index (κ1) is 18.2. The Morgan fingerprint density at radius 1 is 0.905 bits per heavy atom. The van der Waals surface area contributed by atoms with Crippen molar-refractivity contribution < 1.29 is 39.5 Å². The van der Waals surface area contributed by atoms with Gasteiger partial charge in [0.1, 0.15) is 0 Å². The van der Waals surface area contributed by atoms with Crippen molar-refractivity contribution in [3.05, 3.63) is 29.1 Å². The largest absolute Gasteiger partial charge is 0.398 e. The first-order chi connectivity index (χ1) is 9.59. The Labute approximate surface area is 119 Å². The molecule has 1 nitrogen and oxygen atoms in total. The molecule has 2 atom stereocenters. The second kappa shape index (κ2) is 6.49. The third kappa shape index (κ3) is 3.02. The molecular formula is C10H7ClF8OSi.